The molecule has 1 fully saturated rings. The van der Waals surface area contributed by atoms with Crippen LogP contribution in [0.3, 0.4) is 0 Å². The lowest BCUT2D eigenvalue weighted by Gasteiger charge is -2.46. The lowest BCUT2D eigenvalue weighted by Crippen LogP contribution is -2.60. The molecule has 1 unspecified atom stereocenters. The number of benzene rings is 2. The van der Waals surface area contributed by atoms with Gasteiger partial charge in [-0.1, -0.05) is 12.1 Å². The number of rotatable bonds is 6. The van der Waals surface area contributed by atoms with Crippen molar-refractivity contribution in [2.75, 3.05) is 19.0 Å². The molecule has 0 spiro atoms. The number of nitrogens with one attached hydrogen (secondary N) is 1. The Hall–Kier alpha value is -4.52. The van der Waals surface area contributed by atoms with E-state index in [0.717, 1.165) is 29.3 Å². The molecule has 0 bridgehead atoms. The molecule has 1 aromatic heterocycles. The van der Waals surface area contributed by atoms with Gasteiger partial charge in [0.05, 0.1) is 31.0 Å². The molecule has 0 radical (unpaired) electrons. The summed E-state index contributed by atoms with van der Waals surface area (Å²) in [6, 6.07) is 7.56. The topological polar surface area (TPSA) is 95.0 Å². The summed E-state index contributed by atoms with van der Waals surface area (Å²) in [6.45, 7) is 1.47. The molecule has 2 aromatic carbocycles. The number of hydrogen-bond donors (Lipinski definition) is 2. The van der Waals surface area contributed by atoms with Gasteiger partial charge in [-0.2, -0.15) is 13.2 Å². The number of nitrogens with zero attached hydrogens (tertiary/aromatic N) is 3. The number of anilines is 1. The number of aromatic nitrogens is 1. The largest absolute Gasteiger partial charge is 0.509 e. The molecule has 2 aliphatic heterocycles. The molecule has 3 heterocycles. The van der Waals surface area contributed by atoms with Crippen LogP contribution >= 0.6 is 0 Å². The molecular weight excluding hydrogens is 563 g/mol. The maximum absolute atomic E-state index is 14.6. The molecule has 1 saturated heterocycles. The van der Waals surface area contributed by atoms with E-state index in [1.54, 1.807) is 6.92 Å². The van der Waals surface area contributed by atoms with Gasteiger partial charge in [-0.15, -0.1) is 0 Å². The van der Waals surface area contributed by atoms with E-state index < -0.39 is 58.6 Å². The Kier molecular flexibility index (Phi) is 7.39. The Morgan fingerprint density at radius 1 is 1.17 bits per heavy atom. The molecule has 42 heavy (non-hydrogen) atoms. The van der Waals surface area contributed by atoms with E-state index in [4.69, 9.17) is 4.74 Å². The monoisotopic (exact) mass is 588 g/mol. The Morgan fingerprint density at radius 3 is 2.64 bits per heavy atom. The van der Waals surface area contributed by atoms with Crippen molar-refractivity contribution in [3.8, 4) is 16.9 Å². The molecule has 2 amide bonds. The van der Waals surface area contributed by atoms with E-state index in [0.29, 0.717) is 19.4 Å². The minimum atomic E-state index is -4.70. The second kappa shape index (κ2) is 10.7. The van der Waals surface area contributed by atoms with Gasteiger partial charge in [-0.05, 0) is 50.1 Å². The Labute approximate surface area is 237 Å². The molecule has 3 aromatic rings. The third-order valence-electron chi connectivity index (χ3n) is 7.52. The number of amides is 2. The van der Waals surface area contributed by atoms with E-state index in [-0.39, 0.29) is 28.1 Å². The minimum Gasteiger partial charge on any atom is -0.509 e. The highest BCUT2D eigenvalue weighted by atomic mass is 19.4. The van der Waals surface area contributed by atoms with E-state index in [9.17, 15) is 36.6 Å². The van der Waals surface area contributed by atoms with E-state index in [2.05, 4.69) is 10.3 Å². The molecule has 1 atom stereocenters. The van der Waals surface area contributed by atoms with Crippen molar-refractivity contribution in [3.63, 3.8) is 0 Å². The van der Waals surface area contributed by atoms with Crippen LogP contribution in [0.5, 0.6) is 5.75 Å². The van der Waals surface area contributed by atoms with Gasteiger partial charge in [0.1, 0.15) is 17.1 Å². The SMILES string of the molecule is COc1cncc(-c2cc(C(F)(F)F)ccc2NC(=O)C2=C(O)C3(C)CCCN3N(Cc3cccc(F)c3F)C2=O)c1. The van der Waals surface area contributed by atoms with Gasteiger partial charge in [0.25, 0.3) is 11.8 Å². The highest BCUT2D eigenvalue weighted by Gasteiger charge is 2.52. The summed E-state index contributed by atoms with van der Waals surface area (Å²) >= 11 is 0. The third kappa shape index (κ3) is 5.04. The zero-order valence-corrected chi connectivity index (χ0v) is 22.4. The van der Waals surface area contributed by atoms with Gasteiger partial charge in [0, 0.05) is 35.1 Å². The van der Waals surface area contributed by atoms with Crippen LogP contribution in [0.4, 0.5) is 27.6 Å². The summed E-state index contributed by atoms with van der Waals surface area (Å²) in [6.07, 6.45) is -1.20. The molecule has 2 N–H and O–H groups in total. The number of pyridine rings is 1. The second-order valence-corrected chi connectivity index (χ2v) is 10.1. The Balaban J connectivity index is 1.55. The van der Waals surface area contributed by atoms with Crippen molar-refractivity contribution in [3.05, 3.63) is 89.0 Å². The second-order valence-electron chi connectivity index (χ2n) is 10.1. The fraction of sp³-hybridized carbons (Fsp3) is 0.276. The third-order valence-corrected chi connectivity index (χ3v) is 7.52. The predicted molar refractivity (Wildman–Crippen MR) is 141 cm³/mol. The number of methoxy groups -OCH3 is 1. The van der Waals surface area contributed by atoms with Gasteiger partial charge < -0.3 is 15.2 Å². The van der Waals surface area contributed by atoms with Gasteiger partial charge in [0.2, 0.25) is 0 Å². The first-order valence-electron chi connectivity index (χ1n) is 12.8. The summed E-state index contributed by atoms with van der Waals surface area (Å²) < 4.78 is 74.4. The maximum atomic E-state index is 14.6. The van der Waals surface area contributed by atoms with Crippen LogP contribution in [-0.4, -0.2) is 51.1 Å². The van der Waals surface area contributed by atoms with E-state index in [1.807, 2.05) is 0 Å². The van der Waals surface area contributed by atoms with Crippen LogP contribution < -0.4 is 10.1 Å². The van der Waals surface area contributed by atoms with Crippen LogP contribution in [0.1, 0.15) is 30.9 Å². The van der Waals surface area contributed by atoms with Crippen molar-refractivity contribution in [2.24, 2.45) is 0 Å². The van der Waals surface area contributed by atoms with Crippen molar-refractivity contribution in [1.29, 1.82) is 0 Å². The number of carbonyl (C=O) groups excluding carboxylic acids is 2. The normalized spacial score (nSPS) is 19.2. The molecule has 5 rings (SSSR count). The average Bonchev–Trinajstić information content (AvgIpc) is 3.36. The maximum Gasteiger partial charge on any atom is 0.416 e. The number of halogens is 5. The zero-order valence-electron chi connectivity index (χ0n) is 22.4. The van der Waals surface area contributed by atoms with Crippen molar-refractivity contribution >= 4 is 17.5 Å². The Bertz CT molecular complexity index is 1610. The zero-order chi connectivity index (χ0) is 30.4. The lowest BCUT2D eigenvalue weighted by atomic mass is 9.90. The van der Waals surface area contributed by atoms with Gasteiger partial charge in [-0.25, -0.2) is 13.8 Å². The first-order chi connectivity index (χ1) is 19.8. The number of ether oxygens (including phenoxy) is 1. The highest BCUT2D eigenvalue weighted by Crippen LogP contribution is 2.42. The van der Waals surface area contributed by atoms with Crippen LogP contribution in [0.2, 0.25) is 0 Å². The number of hydrogen-bond acceptors (Lipinski definition) is 6. The molecule has 13 heteroatoms. The number of aliphatic hydroxyl groups is 1. The summed E-state index contributed by atoms with van der Waals surface area (Å²) in [5.41, 5.74) is -3.01. The van der Waals surface area contributed by atoms with Gasteiger partial charge in [-0.3, -0.25) is 19.6 Å². The van der Waals surface area contributed by atoms with Crippen LogP contribution in [0.15, 0.2) is 66.2 Å². The summed E-state index contributed by atoms with van der Waals surface area (Å²) in [4.78, 5) is 31.3. The summed E-state index contributed by atoms with van der Waals surface area (Å²) in [5, 5.41) is 16.3. The van der Waals surface area contributed by atoms with Crippen LogP contribution in [-0.2, 0) is 22.3 Å². The van der Waals surface area contributed by atoms with E-state index in [1.165, 1.54) is 42.7 Å². The number of hydrazine groups is 1. The fourth-order valence-electron chi connectivity index (χ4n) is 5.31. The Morgan fingerprint density at radius 2 is 1.93 bits per heavy atom. The quantitative estimate of drug-likeness (QED) is 0.287. The predicted octanol–water partition coefficient (Wildman–Crippen LogP) is 5.62. The molecule has 8 nitrogen and oxygen atoms in total. The van der Waals surface area contributed by atoms with Gasteiger partial charge in [0.15, 0.2) is 11.6 Å². The first-order valence-corrected chi connectivity index (χ1v) is 12.8. The van der Waals surface area contributed by atoms with Crippen molar-refractivity contribution in [2.45, 2.75) is 38.0 Å². The molecule has 0 saturated carbocycles. The molecule has 220 valence electrons. The molecular formula is C29H25F5N4O4. The van der Waals surface area contributed by atoms with Gasteiger partial charge >= 0.3 is 6.18 Å². The number of alkyl halides is 3. The summed E-state index contributed by atoms with van der Waals surface area (Å²) in [7, 11) is 1.36. The number of carbonyl (C=O) groups is 2. The minimum absolute atomic E-state index is 0.0692. The molecule has 2 aliphatic rings. The van der Waals surface area contributed by atoms with Crippen LogP contribution in [0, 0.1) is 11.6 Å². The fourth-order valence-corrected chi connectivity index (χ4v) is 5.31. The molecule has 0 aliphatic carbocycles. The smallest absolute Gasteiger partial charge is 0.416 e. The van der Waals surface area contributed by atoms with Crippen molar-refractivity contribution < 1.29 is 41.4 Å². The van der Waals surface area contributed by atoms with Crippen LogP contribution in [0.25, 0.3) is 11.1 Å². The lowest BCUT2D eigenvalue weighted by molar-refractivity contribution is -0.160. The average molecular weight is 589 g/mol. The van der Waals surface area contributed by atoms with Crippen molar-refractivity contribution in [1.82, 2.24) is 15.0 Å². The standard InChI is InChI=1S/C29H25F5N4O4/c1-28-9-4-10-38(28)37(15-16-5-3-6-21(30)24(16)31)27(41)23(25(28)39)26(40)36-22-8-7-18(29(32,33)34)12-20(22)17-11-19(42-2)14-35-13-17/h3,5-8,11-14,39H,4,9-10,15H2,1-2H3,(H,36,40). The van der Waals surface area contributed by atoms with E-state index >= 15 is 0 Å². The number of fused-ring (bicyclic) bond motifs is 1. The number of aliphatic hydroxyl groups excluding tert-OH is 1. The first kappa shape index (κ1) is 29.0. The highest BCUT2D eigenvalue weighted by molar-refractivity contribution is 6.24. The summed E-state index contributed by atoms with van der Waals surface area (Å²) in [5.74, 6) is -4.62.